The molecule has 0 saturated heterocycles. The normalized spacial score (nSPS) is 18.0. The average Bonchev–Trinajstić information content (AvgIpc) is 3.08. The van der Waals surface area contributed by atoms with E-state index in [1.165, 1.54) is 22.5 Å². The lowest BCUT2D eigenvalue weighted by Gasteiger charge is -2.20. The van der Waals surface area contributed by atoms with E-state index in [4.69, 9.17) is 0 Å². The van der Waals surface area contributed by atoms with Crippen LogP contribution in [-0.2, 0) is 0 Å². The Bertz CT molecular complexity index is 882. The number of hydrogen-bond acceptors (Lipinski definition) is 4. The number of benzene rings is 2. The molecule has 0 spiro atoms. The predicted molar refractivity (Wildman–Crippen MR) is 111 cm³/mol. The minimum absolute atomic E-state index is 0.804. The van der Waals surface area contributed by atoms with Gasteiger partial charge in [0.25, 0.3) is 0 Å². The van der Waals surface area contributed by atoms with Crippen molar-refractivity contribution in [1.82, 2.24) is 14.5 Å². The first-order chi connectivity index (χ1) is 12.9. The number of nitrogens with one attached hydrogen (secondary N) is 1. The molecule has 1 N–H and O–H groups in total. The molecule has 2 aliphatic rings. The maximum absolute atomic E-state index is 3.31. The van der Waals surface area contributed by atoms with E-state index >= 15 is 0 Å². The first kappa shape index (κ1) is 16.6. The van der Waals surface area contributed by atoms with Crippen molar-refractivity contribution in [1.29, 1.82) is 0 Å². The van der Waals surface area contributed by atoms with Gasteiger partial charge in [-0.3, -0.25) is 4.31 Å². The second-order valence-corrected chi connectivity index (χ2v) is 6.85. The highest BCUT2D eigenvalue weighted by atomic mass is 32.2. The van der Waals surface area contributed by atoms with Crippen molar-refractivity contribution in [3.63, 3.8) is 0 Å². The van der Waals surface area contributed by atoms with Gasteiger partial charge >= 0.3 is 0 Å². The van der Waals surface area contributed by atoms with Crippen LogP contribution in [0.2, 0.25) is 0 Å². The quantitative estimate of drug-likeness (QED) is 0.784. The van der Waals surface area contributed by atoms with Crippen molar-refractivity contribution >= 4 is 23.3 Å². The molecule has 2 aliphatic heterocycles. The summed E-state index contributed by atoms with van der Waals surface area (Å²) in [5.41, 5.74) is 6.00. The molecule has 0 saturated carbocycles. The van der Waals surface area contributed by atoms with Crippen LogP contribution in [0.1, 0.15) is 11.1 Å². The van der Waals surface area contributed by atoms with E-state index in [1.54, 1.807) is 11.9 Å². The number of dihydropyridines is 1. The highest BCUT2D eigenvalue weighted by molar-refractivity contribution is 7.96. The number of rotatable bonds is 4. The third-order valence-corrected chi connectivity index (χ3v) is 5.12. The van der Waals surface area contributed by atoms with Gasteiger partial charge in [0, 0.05) is 29.8 Å². The molecule has 2 heterocycles. The van der Waals surface area contributed by atoms with Gasteiger partial charge in [-0.1, -0.05) is 78.7 Å². The van der Waals surface area contributed by atoms with Crippen LogP contribution in [0.3, 0.4) is 0 Å². The number of nitrogens with zero attached hydrogens (tertiary/aromatic N) is 2. The Hall–Kier alpha value is -2.85. The molecule has 0 radical (unpaired) electrons. The zero-order valence-corrected chi connectivity index (χ0v) is 15.5. The molecule has 2 aromatic carbocycles. The Labute approximate surface area is 159 Å². The fraction of sp³-hybridized carbons (Fsp3) is 0.0909. The van der Waals surface area contributed by atoms with E-state index in [9.17, 15) is 0 Å². The van der Waals surface area contributed by atoms with Crippen molar-refractivity contribution in [3.8, 4) is 0 Å². The van der Waals surface area contributed by atoms with E-state index in [-0.39, 0.29) is 0 Å². The van der Waals surface area contributed by atoms with Crippen LogP contribution in [0.25, 0.3) is 11.4 Å². The summed E-state index contributed by atoms with van der Waals surface area (Å²) in [6, 6.07) is 21.2. The fourth-order valence-corrected chi connectivity index (χ4v) is 3.83. The standard InChI is InChI=1S/C22H21N3S/c1-26-25-17-24(16-20-14-8-9-15-23-20)21(18-10-4-2-5-11-18)22(25)19-12-6-3-7-13-19/h2-16,23H,17H2,1H3/b20-16-. The van der Waals surface area contributed by atoms with Crippen LogP contribution >= 0.6 is 11.9 Å². The van der Waals surface area contributed by atoms with Gasteiger partial charge < -0.3 is 10.2 Å². The maximum atomic E-state index is 3.31. The Morgan fingerprint density at radius 1 is 0.885 bits per heavy atom. The van der Waals surface area contributed by atoms with Crippen molar-refractivity contribution in [2.75, 3.05) is 12.9 Å². The summed E-state index contributed by atoms with van der Waals surface area (Å²) in [4.78, 5) is 2.32. The second kappa shape index (κ2) is 7.58. The van der Waals surface area contributed by atoms with Gasteiger partial charge in [-0.25, -0.2) is 0 Å². The summed E-state index contributed by atoms with van der Waals surface area (Å²) in [5.74, 6) is 0. The molecule has 0 atom stereocenters. The molecule has 4 heteroatoms. The van der Waals surface area contributed by atoms with Gasteiger partial charge in [0.05, 0.1) is 17.1 Å². The van der Waals surface area contributed by atoms with E-state index in [1.807, 2.05) is 12.3 Å². The van der Waals surface area contributed by atoms with Gasteiger partial charge in [-0.05, 0) is 12.2 Å². The average molecular weight is 359 g/mol. The largest absolute Gasteiger partial charge is 0.361 e. The zero-order chi connectivity index (χ0) is 17.8. The third kappa shape index (κ3) is 3.28. The van der Waals surface area contributed by atoms with Gasteiger partial charge in [0.1, 0.15) is 6.67 Å². The molecule has 0 fully saturated rings. The third-order valence-electron chi connectivity index (χ3n) is 4.38. The molecular formula is C22H21N3S. The fourth-order valence-electron chi connectivity index (χ4n) is 3.22. The van der Waals surface area contributed by atoms with Crippen LogP contribution in [0.4, 0.5) is 0 Å². The molecule has 0 bridgehead atoms. The molecule has 4 rings (SSSR count). The molecule has 0 aliphatic carbocycles. The van der Waals surface area contributed by atoms with Crippen molar-refractivity contribution in [2.24, 2.45) is 0 Å². The van der Waals surface area contributed by atoms with E-state index in [0.717, 1.165) is 12.4 Å². The lowest BCUT2D eigenvalue weighted by Crippen LogP contribution is -2.21. The molecule has 2 aromatic rings. The van der Waals surface area contributed by atoms with Crippen LogP contribution < -0.4 is 5.32 Å². The van der Waals surface area contributed by atoms with Crippen LogP contribution in [0.5, 0.6) is 0 Å². The van der Waals surface area contributed by atoms with E-state index in [0.29, 0.717) is 0 Å². The van der Waals surface area contributed by atoms with E-state index < -0.39 is 0 Å². The number of hydrogen-bond donors (Lipinski definition) is 1. The highest BCUT2D eigenvalue weighted by Crippen LogP contribution is 2.41. The summed E-state index contributed by atoms with van der Waals surface area (Å²) >= 11 is 1.75. The topological polar surface area (TPSA) is 18.5 Å². The first-order valence-corrected chi connectivity index (χ1v) is 9.80. The number of allylic oxidation sites excluding steroid dienone is 3. The summed E-state index contributed by atoms with van der Waals surface area (Å²) in [6.07, 6.45) is 12.4. The molecule has 0 aromatic heterocycles. The maximum Gasteiger partial charge on any atom is 0.105 e. The molecular weight excluding hydrogens is 338 g/mol. The van der Waals surface area contributed by atoms with Crippen molar-refractivity contribution < 1.29 is 0 Å². The Balaban J connectivity index is 1.86. The van der Waals surface area contributed by atoms with Gasteiger partial charge in [0.2, 0.25) is 0 Å². The van der Waals surface area contributed by atoms with Crippen LogP contribution in [-0.4, -0.2) is 22.1 Å². The minimum atomic E-state index is 0.804. The van der Waals surface area contributed by atoms with Crippen molar-refractivity contribution in [3.05, 3.63) is 108 Å². The Kier molecular flexibility index (Phi) is 4.84. The van der Waals surface area contributed by atoms with Crippen molar-refractivity contribution in [2.45, 2.75) is 0 Å². The Morgan fingerprint density at radius 3 is 2.12 bits per heavy atom. The zero-order valence-electron chi connectivity index (χ0n) is 14.7. The smallest absolute Gasteiger partial charge is 0.105 e. The SMILES string of the molecule is CSN1CN(/C=C2/C=CC=CN2)C(c2ccccc2)=C1c1ccccc1. The molecule has 3 nitrogen and oxygen atoms in total. The summed E-state index contributed by atoms with van der Waals surface area (Å²) in [5, 5.41) is 3.31. The molecule has 130 valence electrons. The highest BCUT2D eigenvalue weighted by Gasteiger charge is 2.30. The second-order valence-electron chi connectivity index (χ2n) is 6.05. The van der Waals surface area contributed by atoms with Gasteiger partial charge in [-0.15, -0.1) is 0 Å². The summed E-state index contributed by atoms with van der Waals surface area (Å²) in [6.45, 7) is 0.804. The van der Waals surface area contributed by atoms with Crippen LogP contribution in [0.15, 0.2) is 97.0 Å². The first-order valence-electron chi connectivity index (χ1n) is 8.62. The lowest BCUT2D eigenvalue weighted by atomic mass is 10.1. The van der Waals surface area contributed by atoms with E-state index in [2.05, 4.69) is 99.8 Å². The predicted octanol–water partition coefficient (Wildman–Crippen LogP) is 4.88. The minimum Gasteiger partial charge on any atom is -0.361 e. The molecule has 26 heavy (non-hydrogen) atoms. The molecule has 0 unspecified atom stereocenters. The summed E-state index contributed by atoms with van der Waals surface area (Å²) < 4.78 is 2.34. The lowest BCUT2D eigenvalue weighted by molar-refractivity contribution is 0.460. The van der Waals surface area contributed by atoms with Crippen LogP contribution in [0, 0.1) is 0 Å². The molecule has 0 amide bonds. The Morgan fingerprint density at radius 2 is 1.54 bits per heavy atom. The monoisotopic (exact) mass is 359 g/mol. The van der Waals surface area contributed by atoms with Gasteiger partial charge in [-0.2, -0.15) is 0 Å². The van der Waals surface area contributed by atoms with Gasteiger partial charge in [0.15, 0.2) is 0 Å². The summed E-state index contributed by atoms with van der Waals surface area (Å²) in [7, 11) is 0.